The Hall–Kier alpha value is -3.18. The molecule has 5 rings (SSSR count). The second-order valence-corrected chi connectivity index (χ2v) is 7.41. The minimum atomic E-state index is 0.188. The van der Waals surface area contributed by atoms with E-state index < -0.39 is 0 Å². The predicted molar refractivity (Wildman–Crippen MR) is 113 cm³/mol. The maximum Gasteiger partial charge on any atom is 0.261 e. The summed E-state index contributed by atoms with van der Waals surface area (Å²) in [6, 6.07) is 22.6. The first-order valence-electron chi connectivity index (χ1n) is 10.1. The number of nitrogens with zero attached hydrogens (tertiary/aromatic N) is 2. The van der Waals surface area contributed by atoms with Gasteiger partial charge in [-0.15, -0.1) is 0 Å². The standard InChI is InChI=1S/C24H23N3O2/c1-2-6-17(7-3-1)16-22-26-24(29-27-22)21-11-10-18-8-4-5-9-20(18)23(21)28-19-12-14-25-15-13-19/h1-11,19,25H,12-16H2. The summed E-state index contributed by atoms with van der Waals surface area (Å²) in [4.78, 5) is 4.67. The predicted octanol–water partition coefficient (Wildman–Crippen LogP) is 4.61. The van der Waals surface area contributed by atoms with Crippen LogP contribution in [0.3, 0.4) is 0 Å². The normalized spacial score (nSPS) is 14.9. The summed E-state index contributed by atoms with van der Waals surface area (Å²) in [7, 11) is 0. The van der Waals surface area contributed by atoms with Crippen molar-refractivity contribution in [3.63, 3.8) is 0 Å². The summed E-state index contributed by atoms with van der Waals surface area (Å²) >= 11 is 0. The van der Waals surface area contributed by atoms with Crippen LogP contribution >= 0.6 is 0 Å². The van der Waals surface area contributed by atoms with Gasteiger partial charge in [0.15, 0.2) is 5.82 Å². The Bertz CT molecular complexity index is 1100. The number of nitrogens with one attached hydrogen (secondary N) is 1. The third-order valence-electron chi connectivity index (χ3n) is 5.35. The first kappa shape index (κ1) is 17.9. The van der Waals surface area contributed by atoms with Gasteiger partial charge < -0.3 is 14.6 Å². The van der Waals surface area contributed by atoms with Crippen molar-refractivity contribution in [1.29, 1.82) is 0 Å². The Labute approximate surface area is 169 Å². The monoisotopic (exact) mass is 385 g/mol. The molecule has 0 amide bonds. The van der Waals surface area contributed by atoms with Crippen LogP contribution in [0.5, 0.6) is 5.75 Å². The molecule has 4 aromatic rings. The molecule has 0 unspecified atom stereocenters. The van der Waals surface area contributed by atoms with Crippen molar-refractivity contribution < 1.29 is 9.26 Å². The number of piperidine rings is 1. The van der Waals surface area contributed by atoms with Crippen molar-refractivity contribution in [2.45, 2.75) is 25.4 Å². The minimum Gasteiger partial charge on any atom is -0.489 e. The molecular formula is C24H23N3O2. The number of hydrogen-bond donors (Lipinski definition) is 1. The zero-order chi connectivity index (χ0) is 19.5. The maximum atomic E-state index is 6.51. The van der Waals surface area contributed by atoms with E-state index in [1.165, 1.54) is 0 Å². The molecule has 1 aliphatic heterocycles. The molecule has 0 aliphatic carbocycles. The molecule has 0 spiro atoms. The molecule has 0 saturated carbocycles. The van der Waals surface area contributed by atoms with Gasteiger partial charge in [-0.25, -0.2) is 0 Å². The highest BCUT2D eigenvalue weighted by molar-refractivity contribution is 5.94. The second kappa shape index (κ2) is 8.05. The highest BCUT2D eigenvalue weighted by Crippen LogP contribution is 2.37. The Kier molecular flexibility index (Phi) is 4.97. The molecule has 29 heavy (non-hydrogen) atoms. The smallest absolute Gasteiger partial charge is 0.261 e. The second-order valence-electron chi connectivity index (χ2n) is 7.41. The summed E-state index contributed by atoms with van der Waals surface area (Å²) in [6.45, 7) is 1.96. The van der Waals surface area contributed by atoms with Crippen molar-refractivity contribution in [2.24, 2.45) is 0 Å². The van der Waals surface area contributed by atoms with Gasteiger partial charge in [0.05, 0.1) is 5.56 Å². The van der Waals surface area contributed by atoms with Crippen LogP contribution in [-0.4, -0.2) is 29.3 Å². The van der Waals surface area contributed by atoms with Gasteiger partial charge in [-0.2, -0.15) is 4.98 Å². The number of rotatable bonds is 5. The zero-order valence-electron chi connectivity index (χ0n) is 16.2. The van der Waals surface area contributed by atoms with E-state index in [9.17, 15) is 0 Å². The lowest BCUT2D eigenvalue weighted by atomic mass is 10.0. The van der Waals surface area contributed by atoms with Gasteiger partial charge in [0.25, 0.3) is 5.89 Å². The average Bonchev–Trinajstić information content (AvgIpc) is 3.23. The van der Waals surface area contributed by atoms with E-state index in [0.717, 1.165) is 53.6 Å². The van der Waals surface area contributed by atoms with Crippen LogP contribution < -0.4 is 10.1 Å². The van der Waals surface area contributed by atoms with Crippen LogP contribution in [0.25, 0.3) is 22.2 Å². The van der Waals surface area contributed by atoms with Gasteiger partial charge in [0.2, 0.25) is 0 Å². The van der Waals surface area contributed by atoms with E-state index >= 15 is 0 Å². The molecule has 0 radical (unpaired) electrons. The summed E-state index contributed by atoms with van der Waals surface area (Å²) in [5, 5.41) is 9.81. The molecule has 1 N–H and O–H groups in total. The zero-order valence-corrected chi connectivity index (χ0v) is 16.2. The van der Waals surface area contributed by atoms with Crippen molar-refractivity contribution in [3.05, 3.63) is 78.1 Å². The van der Waals surface area contributed by atoms with Gasteiger partial charge in [-0.3, -0.25) is 0 Å². The SMILES string of the molecule is c1ccc(Cc2noc(-c3ccc4ccccc4c3OC3CCNCC3)n2)cc1. The van der Waals surface area contributed by atoms with Crippen LogP contribution in [0.2, 0.25) is 0 Å². The van der Waals surface area contributed by atoms with E-state index in [4.69, 9.17) is 9.26 Å². The van der Waals surface area contributed by atoms with Gasteiger partial charge >= 0.3 is 0 Å². The van der Waals surface area contributed by atoms with Crippen LogP contribution in [0.4, 0.5) is 0 Å². The van der Waals surface area contributed by atoms with Crippen LogP contribution in [-0.2, 0) is 6.42 Å². The third-order valence-corrected chi connectivity index (χ3v) is 5.35. The average molecular weight is 385 g/mol. The lowest BCUT2D eigenvalue weighted by Gasteiger charge is -2.25. The number of hydrogen-bond acceptors (Lipinski definition) is 5. The van der Waals surface area contributed by atoms with Gasteiger partial charge in [-0.1, -0.05) is 65.8 Å². The number of benzene rings is 3. The quantitative estimate of drug-likeness (QED) is 0.544. The minimum absolute atomic E-state index is 0.188. The molecule has 0 atom stereocenters. The summed E-state index contributed by atoms with van der Waals surface area (Å²) in [5.41, 5.74) is 2.01. The molecule has 5 nitrogen and oxygen atoms in total. The van der Waals surface area contributed by atoms with Gasteiger partial charge in [-0.05, 0) is 42.9 Å². The molecule has 1 saturated heterocycles. The summed E-state index contributed by atoms with van der Waals surface area (Å²) in [6.07, 6.45) is 2.81. The highest BCUT2D eigenvalue weighted by atomic mass is 16.5. The fraction of sp³-hybridized carbons (Fsp3) is 0.250. The Morgan fingerprint density at radius 2 is 1.72 bits per heavy atom. The molecule has 1 fully saturated rings. The van der Waals surface area contributed by atoms with E-state index in [0.29, 0.717) is 18.1 Å². The fourth-order valence-corrected chi connectivity index (χ4v) is 3.83. The Morgan fingerprint density at radius 3 is 2.59 bits per heavy atom. The number of fused-ring (bicyclic) bond motifs is 1. The molecule has 146 valence electrons. The van der Waals surface area contributed by atoms with Crippen LogP contribution in [0.15, 0.2) is 71.3 Å². The van der Waals surface area contributed by atoms with Crippen molar-refractivity contribution in [2.75, 3.05) is 13.1 Å². The third kappa shape index (κ3) is 3.87. The van der Waals surface area contributed by atoms with Gasteiger partial charge in [0, 0.05) is 11.8 Å². The number of ether oxygens (including phenoxy) is 1. The van der Waals surface area contributed by atoms with Gasteiger partial charge in [0.1, 0.15) is 11.9 Å². The molecule has 2 heterocycles. The van der Waals surface area contributed by atoms with E-state index in [1.54, 1.807) is 0 Å². The molecule has 1 aliphatic rings. The van der Waals surface area contributed by atoms with Crippen LogP contribution in [0.1, 0.15) is 24.2 Å². The van der Waals surface area contributed by atoms with Crippen molar-refractivity contribution >= 4 is 10.8 Å². The highest BCUT2D eigenvalue weighted by Gasteiger charge is 2.21. The van der Waals surface area contributed by atoms with E-state index in [2.05, 4.69) is 45.8 Å². The molecular weight excluding hydrogens is 362 g/mol. The largest absolute Gasteiger partial charge is 0.489 e. The lowest BCUT2D eigenvalue weighted by Crippen LogP contribution is -2.34. The van der Waals surface area contributed by atoms with E-state index in [-0.39, 0.29) is 6.10 Å². The Balaban J connectivity index is 1.51. The molecule has 5 heteroatoms. The van der Waals surface area contributed by atoms with Crippen molar-refractivity contribution in [3.8, 4) is 17.2 Å². The molecule has 3 aromatic carbocycles. The fourth-order valence-electron chi connectivity index (χ4n) is 3.83. The van der Waals surface area contributed by atoms with Crippen LogP contribution in [0, 0.1) is 0 Å². The first-order valence-corrected chi connectivity index (χ1v) is 10.1. The summed E-state index contributed by atoms with van der Waals surface area (Å²) < 4.78 is 12.2. The molecule has 1 aromatic heterocycles. The summed E-state index contributed by atoms with van der Waals surface area (Å²) in [5.74, 6) is 2.02. The van der Waals surface area contributed by atoms with Crippen molar-refractivity contribution in [1.82, 2.24) is 15.5 Å². The van der Waals surface area contributed by atoms with E-state index in [1.807, 2.05) is 36.4 Å². The maximum absolute atomic E-state index is 6.51. The Morgan fingerprint density at radius 1 is 0.931 bits per heavy atom. The number of aromatic nitrogens is 2. The first-order chi connectivity index (χ1) is 14.4. The lowest BCUT2D eigenvalue weighted by molar-refractivity contribution is 0.165. The molecule has 0 bridgehead atoms. The topological polar surface area (TPSA) is 60.2 Å².